The Labute approximate surface area is 227 Å². The minimum Gasteiger partial charge on any atom is -0.480 e. The second-order valence-corrected chi connectivity index (χ2v) is 10.3. The third-order valence-electron chi connectivity index (χ3n) is 7.10. The van der Waals surface area contributed by atoms with Crippen LogP contribution in [0.3, 0.4) is 0 Å². The number of para-hydroxylation sites is 1. The molecule has 1 unspecified atom stereocenters. The Morgan fingerprint density at radius 3 is 2.46 bits per heavy atom. The Bertz CT molecular complexity index is 1340. The minimum atomic E-state index is -1.13. The molecule has 3 aromatic rings. The molecule has 3 N–H and O–H groups in total. The van der Waals surface area contributed by atoms with E-state index in [9.17, 15) is 24.3 Å². The molecule has 0 bridgehead atoms. The smallest absolute Gasteiger partial charge is 0.407 e. The van der Waals surface area contributed by atoms with E-state index in [4.69, 9.17) is 4.74 Å². The molecule has 1 aliphatic rings. The number of fused-ring (bicyclic) bond motifs is 1. The largest absolute Gasteiger partial charge is 0.480 e. The Hall–Kier alpha value is -4.14. The average molecular weight is 534 g/mol. The summed E-state index contributed by atoms with van der Waals surface area (Å²) in [7, 11) is 0. The number of alkyl carbamates (subject to hydrolysis) is 1. The molecule has 206 valence electrons. The van der Waals surface area contributed by atoms with Crippen molar-refractivity contribution in [2.45, 2.75) is 71.2 Å². The van der Waals surface area contributed by atoms with Gasteiger partial charge in [-0.15, -0.1) is 0 Å². The average Bonchev–Trinajstić information content (AvgIpc) is 3.35. The number of nitrogens with zero attached hydrogens (tertiary/aromatic N) is 1. The number of ether oxygens (including phenoxy) is 1. The number of rotatable bonds is 10. The molecule has 9 nitrogen and oxygen atoms in total. The van der Waals surface area contributed by atoms with Crippen LogP contribution in [0.15, 0.2) is 54.7 Å². The highest BCUT2D eigenvalue weighted by Crippen LogP contribution is 2.31. The molecule has 2 aromatic carbocycles. The van der Waals surface area contributed by atoms with Crippen molar-refractivity contribution < 1.29 is 29.0 Å². The molecule has 1 aliphatic carbocycles. The molecule has 9 heteroatoms. The van der Waals surface area contributed by atoms with Gasteiger partial charge in [0, 0.05) is 30.2 Å². The maximum absolute atomic E-state index is 13.8. The van der Waals surface area contributed by atoms with Gasteiger partial charge in [-0.3, -0.25) is 9.59 Å². The van der Waals surface area contributed by atoms with Crippen LogP contribution in [0, 0.1) is 5.92 Å². The van der Waals surface area contributed by atoms with Gasteiger partial charge in [-0.2, -0.15) is 0 Å². The predicted octanol–water partition coefficient (Wildman–Crippen LogP) is 5.05. The van der Waals surface area contributed by atoms with E-state index in [0.717, 1.165) is 30.3 Å². The molecular weight excluding hydrogens is 498 g/mol. The molecule has 0 spiro atoms. The monoisotopic (exact) mass is 533 g/mol. The van der Waals surface area contributed by atoms with Gasteiger partial charge in [0.05, 0.1) is 11.7 Å². The van der Waals surface area contributed by atoms with E-state index in [0.29, 0.717) is 23.8 Å². The fourth-order valence-electron chi connectivity index (χ4n) is 5.31. The van der Waals surface area contributed by atoms with Crippen LogP contribution in [0.4, 0.5) is 4.79 Å². The fraction of sp³-hybridized carbons (Fsp3) is 0.400. The van der Waals surface area contributed by atoms with Crippen LogP contribution >= 0.6 is 0 Å². The second kappa shape index (κ2) is 12.6. The number of benzene rings is 2. The summed E-state index contributed by atoms with van der Waals surface area (Å²) in [6, 6.07) is 13.2. The molecule has 0 saturated heterocycles. The topological polar surface area (TPSA) is 129 Å². The van der Waals surface area contributed by atoms with Gasteiger partial charge < -0.3 is 25.0 Å². The van der Waals surface area contributed by atoms with E-state index < -0.39 is 29.8 Å². The molecular formula is C30H35N3O6. The van der Waals surface area contributed by atoms with Gasteiger partial charge in [0.1, 0.15) is 6.04 Å². The highest BCUT2D eigenvalue weighted by molar-refractivity contribution is 6.45. The molecule has 1 atom stereocenters. The maximum atomic E-state index is 13.8. The number of aromatic amines is 1. The summed E-state index contributed by atoms with van der Waals surface area (Å²) in [5, 5.41) is 13.6. The molecule has 1 heterocycles. The number of hydrogen-bond donors (Lipinski definition) is 3. The number of aromatic nitrogens is 1. The Kier molecular flexibility index (Phi) is 9.01. The van der Waals surface area contributed by atoms with E-state index in [-0.39, 0.29) is 30.7 Å². The van der Waals surface area contributed by atoms with Crippen LogP contribution in [-0.4, -0.2) is 50.9 Å². The number of nitrogens with one attached hydrogen (secondary N) is 2. The van der Waals surface area contributed by atoms with Crippen molar-refractivity contribution in [3.8, 4) is 0 Å². The second-order valence-electron chi connectivity index (χ2n) is 10.3. The van der Waals surface area contributed by atoms with Gasteiger partial charge in [-0.1, -0.05) is 61.7 Å². The minimum absolute atomic E-state index is 0.0509. The van der Waals surface area contributed by atoms with Gasteiger partial charge >= 0.3 is 12.1 Å². The van der Waals surface area contributed by atoms with Crippen molar-refractivity contribution in [2.24, 2.45) is 5.92 Å². The number of hydrogen-bond acceptors (Lipinski definition) is 5. The molecule has 1 saturated carbocycles. The first-order chi connectivity index (χ1) is 18.7. The summed E-state index contributed by atoms with van der Waals surface area (Å²) in [4.78, 5) is 56.1. The Morgan fingerprint density at radius 1 is 1.03 bits per heavy atom. The summed E-state index contributed by atoms with van der Waals surface area (Å²) in [6.45, 7) is 3.67. The van der Waals surface area contributed by atoms with Gasteiger partial charge in [0.25, 0.3) is 11.7 Å². The van der Waals surface area contributed by atoms with Gasteiger partial charge in [0.15, 0.2) is 0 Å². The van der Waals surface area contributed by atoms with Crippen molar-refractivity contribution in [1.82, 2.24) is 15.2 Å². The lowest BCUT2D eigenvalue weighted by Gasteiger charge is -2.36. The van der Waals surface area contributed by atoms with Crippen LogP contribution in [0.5, 0.6) is 0 Å². The van der Waals surface area contributed by atoms with Crippen LogP contribution in [-0.2, 0) is 27.4 Å². The molecule has 1 aromatic heterocycles. The number of H-pyrrole nitrogens is 1. The van der Waals surface area contributed by atoms with E-state index >= 15 is 0 Å². The third kappa shape index (κ3) is 6.85. The Morgan fingerprint density at radius 2 is 1.74 bits per heavy atom. The summed E-state index contributed by atoms with van der Waals surface area (Å²) < 4.78 is 5.11. The predicted molar refractivity (Wildman–Crippen MR) is 146 cm³/mol. The SMILES string of the molecule is CC(C)OC(=O)NCc1cccc(CN(C(=O)C(=O)c2c[nH]c3ccccc23)C(C(=O)O)C2CCCCC2)c1. The highest BCUT2D eigenvalue weighted by atomic mass is 16.6. The summed E-state index contributed by atoms with van der Waals surface area (Å²) in [6.07, 6.45) is 4.88. The van der Waals surface area contributed by atoms with Crippen molar-refractivity contribution >= 4 is 34.7 Å². The summed E-state index contributed by atoms with van der Waals surface area (Å²) >= 11 is 0. The van der Waals surface area contributed by atoms with Crippen molar-refractivity contribution in [2.75, 3.05) is 0 Å². The van der Waals surface area contributed by atoms with E-state index in [1.165, 1.54) is 11.1 Å². The van der Waals surface area contributed by atoms with Gasteiger partial charge in [-0.05, 0) is 49.8 Å². The van der Waals surface area contributed by atoms with E-state index in [1.807, 2.05) is 18.2 Å². The zero-order chi connectivity index (χ0) is 27.9. The zero-order valence-electron chi connectivity index (χ0n) is 22.3. The first-order valence-corrected chi connectivity index (χ1v) is 13.4. The fourth-order valence-corrected chi connectivity index (χ4v) is 5.31. The molecule has 4 rings (SSSR count). The molecule has 0 radical (unpaired) electrons. The standard InChI is InChI=1S/C30H35N3O6/c1-19(2)39-30(38)32-16-20-9-8-10-21(15-20)18-33(26(29(36)37)22-11-4-3-5-12-22)28(35)27(34)24-17-31-25-14-7-6-13-23(24)25/h6-10,13-15,17,19,22,26,31H,3-5,11-12,16,18H2,1-2H3,(H,32,38)(H,36,37). The normalized spacial score (nSPS) is 14.6. The quantitative estimate of drug-likeness (QED) is 0.247. The van der Waals surface area contributed by atoms with Crippen molar-refractivity contribution in [3.05, 3.63) is 71.4 Å². The Balaban J connectivity index is 1.63. The highest BCUT2D eigenvalue weighted by Gasteiger charge is 2.39. The lowest BCUT2D eigenvalue weighted by Crippen LogP contribution is -2.51. The van der Waals surface area contributed by atoms with Crippen LogP contribution in [0.1, 0.15) is 67.4 Å². The van der Waals surface area contributed by atoms with E-state index in [1.54, 1.807) is 44.2 Å². The van der Waals surface area contributed by atoms with Crippen LogP contribution < -0.4 is 5.32 Å². The number of carboxylic acid groups (broad SMARTS) is 1. The summed E-state index contributed by atoms with van der Waals surface area (Å²) in [5.74, 6) is -2.95. The van der Waals surface area contributed by atoms with Crippen LogP contribution in [0.2, 0.25) is 0 Å². The number of ketones is 1. The number of carbonyl (C=O) groups is 4. The number of amides is 2. The maximum Gasteiger partial charge on any atom is 0.407 e. The lowest BCUT2D eigenvalue weighted by atomic mass is 9.82. The molecule has 39 heavy (non-hydrogen) atoms. The first kappa shape index (κ1) is 27.9. The number of carbonyl (C=O) groups excluding carboxylic acids is 3. The van der Waals surface area contributed by atoms with Crippen molar-refractivity contribution in [1.29, 1.82) is 0 Å². The van der Waals surface area contributed by atoms with Gasteiger partial charge in [0.2, 0.25) is 0 Å². The zero-order valence-corrected chi connectivity index (χ0v) is 22.3. The number of aliphatic carboxylic acids is 1. The van der Waals surface area contributed by atoms with Crippen LogP contribution in [0.25, 0.3) is 10.9 Å². The third-order valence-corrected chi connectivity index (χ3v) is 7.10. The van der Waals surface area contributed by atoms with E-state index in [2.05, 4.69) is 10.3 Å². The first-order valence-electron chi connectivity index (χ1n) is 13.4. The summed E-state index contributed by atoms with van der Waals surface area (Å²) in [5.41, 5.74) is 2.36. The molecule has 1 fully saturated rings. The lowest BCUT2D eigenvalue weighted by molar-refractivity contribution is -0.152. The molecule has 2 amide bonds. The number of carboxylic acids is 1. The molecule has 0 aliphatic heterocycles. The van der Waals surface area contributed by atoms with Crippen molar-refractivity contribution in [3.63, 3.8) is 0 Å². The number of Topliss-reactive ketones (excluding diaryl/α,β-unsaturated/α-hetero) is 1. The van der Waals surface area contributed by atoms with Gasteiger partial charge in [-0.25, -0.2) is 9.59 Å².